The van der Waals surface area contributed by atoms with Crippen molar-refractivity contribution in [3.05, 3.63) is 94.3 Å². The zero-order chi connectivity index (χ0) is 16.1. The van der Waals surface area contributed by atoms with Crippen LogP contribution in [0.15, 0.2) is 72.9 Å². The fourth-order valence-corrected chi connectivity index (χ4v) is 2.57. The van der Waals surface area contributed by atoms with Crippen LogP contribution in [-0.4, -0.2) is 10.9 Å². The number of aromatic nitrogens is 1. The van der Waals surface area contributed by atoms with Crippen LogP contribution in [0.2, 0.25) is 0 Å². The normalized spacial score (nSPS) is 10.3. The molecule has 114 valence electrons. The second kappa shape index (κ2) is 7.03. The number of pyridine rings is 1. The highest BCUT2D eigenvalue weighted by Crippen LogP contribution is 2.14. The molecule has 2 aromatic carbocycles. The third kappa shape index (κ3) is 3.93. The van der Waals surface area contributed by atoms with Gasteiger partial charge < -0.3 is 10.3 Å². The van der Waals surface area contributed by atoms with Gasteiger partial charge in [-0.1, -0.05) is 54.7 Å². The number of aromatic amines is 1. The molecule has 3 nitrogen and oxygen atoms in total. The van der Waals surface area contributed by atoms with E-state index < -0.39 is 0 Å². The largest absolute Gasteiger partial charge is 0.352 e. The molecule has 3 aromatic rings. The summed E-state index contributed by atoms with van der Waals surface area (Å²) in [5, 5.41) is 2.86. The number of anilines is 1. The first kappa shape index (κ1) is 15.2. The van der Waals surface area contributed by atoms with Gasteiger partial charge in [0.05, 0.1) is 5.56 Å². The SMILES string of the molecule is O=C(Nc1ccc(Cc2ccccc2)cc1)c1ccc[nH]c1=S. The molecule has 1 heterocycles. The highest BCUT2D eigenvalue weighted by molar-refractivity contribution is 7.71. The van der Waals surface area contributed by atoms with Crippen molar-refractivity contribution in [2.45, 2.75) is 6.42 Å². The molecular formula is C19H16N2OS. The minimum Gasteiger partial charge on any atom is -0.352 e. The molecule has 0 saturated carbocycles. The number of nitrogens with one attached hydrogen (secondary N) is 2. The Kier molecular flexibility index (Phi) is 4.64. The van der Waals surface area contributed by atoms with Crippen LogP contribution in [0.5, 0.6) is 0 Å². The number of benzene rings is 2. The lowest BCUT2D eigenvalue weighted by Crippen LogP contribution is -2.12. The summed E-state index contributed by atoms with van der Waals surface area (Å²) in [5.74, 6) is -0.206. The van der Waals surface area contributed by atoms with Crippen molar-refractivity contribution in [1.82, 2.24) is 4.98 Å². The van der Waals surface area contributed by atoms with Crippen molar-refractivity contribution in [2.24, 2.45) is 0 Å². The number of amides is 1. The van der Waals surface area contributed by atoms with Crippen molar-refractivity contribution >= 4 is 23.8 Å². The maximum Gasteiger partial charge on any atom is 0.258 e. The highest BCUT2D eigenvalue weighted by atomic mass is 32.1. The summed E-state index contributed by atoms with van der Waals surface area (Å²) in [7, 11) is 0. The van der Waals surface area contributed by atoms with Gasteiger partial charge in [0, 0.05) is 11.9 Å². The zero-order valence-corrected chi connectivity index (χ0v) is 13.3. The topological polar surface area (TPSA) is 44.9 Å². The van der Waals surface area contributed by atoms with E-state index in [0.29, 0.717) is 10.2 Å². The molecule has 0 aliphatic rings. The van der Waals surface area contributed by atoms with Gasteiger partial charge >= 0.3 is 0 Å². The fourth-order valence-electron chi connectivity index (χ4n) is 2.34. The first-order chi connectivity index (χ1) is 11.2. The highest BCUT2D eigenvalue weighted by Gasteiger charge is 2.07. The van der Waals surface area contributed by atoms with Crippen molar-refractivity contribution in [1.29, 1.82) is 0 Å². The Morgan fingerprint density at radius 1 is 0.913 bits per heavy atom. The zero-order valence-electron chi connectivity index (χ0n) is 12.5. The summed E-state index contributed by atoms with van der Waals surface area (Å²) in [4.78, 5) is 15.1. The quantitative estimate of drug-likeness (QED) is 0.691. The van der Waals surface area contributed by atoms with E-state index in [2.05, 4.69) is 22.4 Å². The average Bonchev–Trinajstić information content (AvgIpc) is 2.58. The first-order valence-corrected chi connectivity index (χ1v) is 7.75. The Labute approximate surface area is 140 Å². The van der Waals surface area contributed by atoms with E-state index in [9.17, 15) is 4.79 Å². The van der Waals surface area contributed by atoms with E-state index in [1.165, 1.54) is 11.1 Å². The number of hydrogen-bond donors (Lipinski definition) is 2. The fraction of sp³-hybridized carbons (Fsp3) is 0.0526. The summed E-state index contributed by atoms with van der Waals surface area (Å²) < 4.78 is 0.436. The Morgan fingerprint density at radius 2 is 1.61 bits per heavy atom. The molecule has 0 bridgehead atoms. The summed E-state index contributed by atoms with van der Waals surface area (Å²) in [6, 6.07) is 21.6. The molecule has 1 amide bonds. The second-order valence-corrected chi connectivity index (χ2v) is 5.63. The predicted molar refractivity (Wildman–Crippen MR) is 95.3 cm³/mol. The lowest BCUT2D eigenvalue weighted by molar-refractivity contribution is 0.102. The monoisotopic (exact) mass is 320 g/mol. The maximum atomic E-state index is 12.2. The van der Waals surface area contributed by atoms with Gasteiger partial charge in [0.1, 0.15) is 4.64 Å². The molecule has 0 aliphatic heterocycles. The van der Waals surface area contributed by atoms with Gasteiger partial charge in [0.15, 0.2) is 0 Å². The number of rotatable bonds is 4. The Morgan fingerprint density at radius 3 is 2.30 bits per heavy atom. The van der Waals surface area contributed by atoms with Gasteiger partial charge in [-0.2, -0.15) is 0 Å². The number of carbonyl (C=O) groups excluding carboxylic acids is 1. The van der Waals surface area contributed by atoms with Crippen LogP contribution in [0.4, 0.5) is 5.69 Å². The van der Waals surface area contributed by atoms with Crippen LogP contribution >= 0.6 is 12.2 Å². The van der Waals surface area contributed by atoms with Crippen molar-refractivity contribution in [3.63, 3.8) is 0 Å². The van der Waals surface area contributed by atoms with Gasteiger partial charge in [-0.15, -0.1) is 0 Å². The summed E-state index contributed by atoms with van der Waals surface area (Å²) >= 11 is 5.12. The molecule has 0 saturated heterocycles. The predicted octanol–water partition coefficient (Wildman–Crippen LogP) is 4.59. The van der Waals surface area contributed by atoms with Crippen molar-refractivity contribution < 1.29 is 4.79 Å². The van der Waals surface area contributed by atoms with Gasteiger partial charge in [0.2, 0.25) is 0 Å². The molecule has 0 fully saturated rings. The Hall–Kier alpha value is -2.72. The minimum absolute atomic E-state index is 0.206. The third-order valence-corrected chi connectivity index (χ3v) is 3.86. The van der Waals surface area contributed by atoms with Crippen molar-refractivity contribution in [2.75, 3.05) is 5.32 Å². The molecule has 3 rings (SSSR count). The van der Waals surface area contributed by atoms with Crippen LogP contribution in [-0.2, 0) is 6.42 Å². The van der Waals surface area contributed by atoms with E-state index >= 15 is 0 Å². The summed E-state index contributed by atoms with van der Waals surface area (Å²) in [5.41, 5.74) is 3.69. The molecule has 0 unspecified atom stereocenters. The molecule has 1 aromatic heterocycles. The standard InChI is InChI=1S/C19H16N2OS/c22-18(17-7-4-12-20-19(17)23)21-16-10-8-15(9-11-16)13-14-5-2-1-3-6-14/h1-12H,13H2,(H,20,23)(H,21,22). The number of H-pyrrole nitrogens is 1. The van der Waals surface area contributed by atoms with Gasteiger partial charge in [-0.25, -0.2) is 0 Å². The summed E-state index contributed by atoms with van der Waals surface area (Å²) in [6.45, 7) is 0. The second-order valence-electron chi connectivity index (χ2n) is 5.23. The molecule has 4 heteroatoms. The number of carbonyl (C=O) groups is 1. The molecule has 0 aliphatic carbocycles. The molecule has 0 spiro atoms. The molecule has 2 N–H and O–H groups in total. The molecular weight excluding hydrogens is 304 g/mol. The smallest absolute Gasteiger partial charge is 0.258 e. The van der Waals surface area contributed by atoms with E-state index in [-0.39, 0.29) is 5.91 Å². The van der Waals surface area contributed by atoms with Crippen LogP contribution in [0, 0.1) is 4.64 Å². The average molecular weight is 320 g/mol. The van der Waals surface area contributed by atoms with Crippen LogP contribution in [0.25, 0.3) is 0 Å². The van der Waals surface area contributed by atoms with E-state index in [4.69, 9.17) is 12.2 Å². The minimum atomic E-state index is -0.206. The maximum absolute atomic E-state index is 12.2. The molecule has 0 atom stereocenters. The molecule has 23 heavy (non-hydrogen) atoms. The van der Waals surface area contributed by atoms with Gasteiger partial charge in [0.25, 0.3) is 5.91 Å². The van der Waals surface area contributed by atoms with E-state index in [0.717, 1.165) is 12.1 Å². The van der Waals surface area contributed by atoms with Crippen LogP contribution in [0.1, 0.15) is 21.5 Å². The van der Waals surface area contributed by atoms with Crippen LogP contribution < -0.4 is 5.32 Å². The van der Waals surface area contributed by atoms with Crippen LogP contribution in [0.3, 0.4) is 0 Å². The summed E-state index contributed by atoms with van der Waals surface area (Å²) in [6.07, 6.45) is 2.58. The lowest BCUT2D eigenvalue weighted by Gasteiger charge is -2.07. The first-order valence-electron chi connectivity index (χ1n) is 7.34. The molecule has 0 radical (unpaired) electrons. The van der Waals surface area contributed by atoms with E-state index in [1.807, 2.05) is 42.5 Å². The Bertz CT molecular complexity index is 854. The van der Waals surface area contributed by atoms with Crippen molar-refractivity contribution in [3.8, 4) is 0 Å². The lowest BCUT2D eigenvalue weighted by atomic mass is 10.0. The van der Waals surface area contributed by atoms with Gasteiger partial charge in [-0.3, -0.25) is 4.79 Å². The van der Waals surface area contributed by atoms with Gasteiger partial charge in [-0.05, 0) is 41.8 Å². The van der Waals surface area contributed by atoms with E-state index in [1.54, 1.807) is 18.3 Å². The number of hydrogen-bond acceptors (Lipinski definition) is 2. The Balaban J connectivity index is 1.69. The third-order valence-electron chi connectivity index (χ3n) is 3.53.